The number of methoxy groups -OCH3 is 1. The lowest BCUT2D eigenvalue weighted by Gasteiger charge is -2.28. The average Bonchev–Trinajstić information content (AvgIpc) is 2.86. The molecule has 182 valence electrons. The highest BCUT2D eigenvalue weighted by atomic mass is 35.5. The van der Waals surface area contributed by atoms with Crippen molar-refractivity contribution < 1.29 is 19.4 Å². The summed E-state index contributed by atoms with van der Waals surface area (Å²) in [6, 6.07) is 16.1. The van der Waals surface area contributed by atoms with Crippen LogP contribution in [-0.4, -0.2) is 48.9 Å². The van der Waals surface area contributed by atoms with Crippen molar-refractivity contribution in [2.45, 2.75) is 13.0 Å². The van der Waals surface area contributed by atoms with E-state index >= 15 is 0 Å². The van der Waals surface area contributed by atoms with Crippen LogP contribution >= 0.6 is 23.2 Å². The Bertz CT molecular complexity index is 1250. The molecule has 0 aromatic heterocycles. The highest BCUT2D eigenvalue weighted by Crippen LogP contribution is 2.36. The number of nitrogens with zero attached hydrogens (tertiary/aromatic N) is 2. The van der Waals surface area contributed by atoms with Gasteiger partial charge in [0.2, 0.25) is 0 Å². The lowest BCUT2D eigenvalue weighted by Crippen LogP contribution is -2.33. The number of nitrogens with one attached hydrogen (secondary N) is 1. The highest BCUT2D eigenvalue weighted by Gasteiger charge is 2.17. The van der Waals surface area contributed by atoms with Crippen LogP contribution in [0.2, 0.25) is 10.0 Å². The van der Waals surface area contributed by atoms with Crippen molar-refractivity contribution in [2.24, 2.45) is 5.10 Å². The van der Waals surface area contributed by atoms with E-state index in [9.17, 15) is 9.90 Å². The van der Waals surface area contributed by atoms with Gasteiger partial charge in [-0.1, -0.05) is 47.5 Å². The number of phenolic OH excluding ortho intramolecular Hbond substituents is 1. The molecule has 0 bridgehead atoms. The van der Waals surface area contributed by atoms with Crippen molar-refractivity contribution in [1.82, 2.24) is 10.3 Å². The summed E-state index contributed by atoms with van der Waals surface area (Å²) < 4.78 is 11.4. The molecule has 0 atom stereocenters. The number of amides is 1. The summed E-state index contributed by atoms with van der Waals surface area (Å²) in [7, 11) is 1.54. The van der Waals surface area contributed by atoms with Gasteiger partial charge >= 0.3 is 0 Å². The predicted octanol–water partition coefficient (Wildman–Crippen LogP) is 4.91. The molecule has 0 spiro atoms. The van der Waals surface area contributed by atoms with Gasteiger partial charge in [-0.15, -0.1) is 0 Å². The van der Waals surface area contributed by atoms with Crippen molar-refractivity contribution in [2.75, 3.05) is 26.8 Å². The van der Waals surface area contributed by atoms with Crippen molar-refractivity contribution in [3.05, 3.63) is 86.9 Å². The molecule has 1 amide bonds. The maximum Gasteiger partial charge on any atom is 0.271 e. The van der Waals surface area contributed by atoms with E-state index in [-0.39, 0.29) is 16.3 Å². The Morgan fingerprint density at radius 1 is 1.14 bits per heavy atom. The van der Waals surface area contributed by atoms with Crippen LogP contribution in [0.3, 0.4) is 0 Å². The molecule has 3 aromatic rings. The molecule has 1 heterocycles. The third kappa shape index (κ3) is 6.25. The van der Waals surface area contributed by atoms with Gasteiger partial charge < -0.3 is 14.6 Å². The first-order chi connectivity index (χ1) is 16.9. The van der Waals surface area contributed by atoms with Gasteiger partial charge in [-0.2, -0.15) is 5.10 Å². The Morgan fingerprint density at radius 3 is 2.71 bits per heavy atom. The second kappa shape index (κ2) is 11.4. The first-order valence-corrected chi connectivity index (χ1v) is 11.8. The predicted molar refractivity (Wildman–Crippen MR) is 137 cm³/mol. The molecule has 0 fully saturated rings. The van der Waals surface area contributed by atoms with Crippen LogP contribution in [0.25, 0.3) is 0 Å². The number of rotatable bonds is 8. The zero-order valence-electron chi connectivity index (χ0n) is 19.1. The second-order valence-electron chi connectivity index (χ2n) is 8.04. The fourth-order valence-corrected chi connectivity index (χ4v) is 4.31. The third-order valence-corrected chi connectivity index (χ3v) is 6.29. The van der Waals surface area contributed by atoms with E-state index in [1.54, 1.807) is 12.1 Å². The largest absolute Gasteiger partial charge is 0.506 e. The zero-order chi connectivity index (χ0) is 24.8. The maximum atomic E-state index is 12.2. The topological polar surface area (TPSA) is 83.4 Å². The molecule has 4 rings (SSSR count). The molecule has 7 nitrogen and oxygen atoms in total. The Kier molecular flexibility index (Phi) is 8.13. The number of phenols is 1. The van der Waals surface area contributed by atoms with E-state index in [0.29, 0.717) is 28.7 Å². The number of hydrogen-bond donors (Lipinski definition) is 2. The number of benzene rings is 3. The molecule has 35 heavy (non-hydrogen) atoms. The molecule has 0 saturated carbocycles. The number of carbonyl (C=O) groups excluding carboxylic acids is 1. The molecular formula is C26H25Cl2N3O4. The second-order valence-corrected chi connectivity index (χ2v) is 8.86. The summed E-state index contributed by atoms with van der Waals surface area (Å²) in [6.07, 6.45) is 2.48. The van der Waals surface area contributed by atoms with E-state index in [0.717, 1.165) is 26.1 Å². The van der Waals surface area contributed by atoms with Crippen LogP contribution in [0, 0.1) is 0 Å². The van der Waals surface area contributed by atoms with Crippen molar-refractivity contribution in [1.29, 1.82) is 0 Å². The molecule has 1 aliphatic rings. The molecule has 2 N–H and O–H groups in total. The Hall–Kier alpha value is -3.26. The lowest BCUT2D eigenvalue weighted by molar-refractivity contribution is 0.0955. The minimum Gasteiger partial charge on any atom is -0.506 e. The van der Waals surface area contributed by atoms with Gasteiger partial charge in [0.15, 0.2) is 11.5 Å². The van der Waals surface area contributed by atoms with E-state index in [1.165, 1.54) is 42.7 Å². The van der Waals surface area contributed by atoms with E-state index < -0.39 is 5.91 Å². The van der Waals surface area contributed by atoms with Gasteiger partial charge in [0.25, 0.3) is 5.91 Å². The monoisotopic (exact) mass is 513 g/mol. The van der Waals surface area contributed by atoms with E-state index in [2.05, 4.69) is 39.7 Å². The normalized spacial score (nSPS) is 13.5. The van der Waals surface area contributed by atoms with Crippen LogP contribution in [0.5, 0.6) is 17.2 Å². The Balaban J connectivity index is 1.34. The lowest BCUT2D eigenvalue weighted by atomic mass is 10.0. The Morgan fingerprint density at radius 2 is 1.94 bits per heavy atom. The maximum absolute atomic E-state index is 12.2. The standard InChI is InChI=1S/C26H25Cl2N3O4/c1-34-24-13-17(15-29-30-26(33)19-6-7-23(32)21(27)14-19)12-22(28)25(24)35-11-10-31-9-8-18-4-2-3-5-20(18)16-31/h2-7,12-15,32H,8-11,16H2,1H3,(H,30,33)/b29-15+. The summed E-state index contributed by atoms with van der Waals surface area (Å²) in [5.41, 5.74) is 6.07. The summed E-state index contributed by atoms with van der Waals surface area (Å²) in [6.45, 7) is 3.13. The average molecular weight is 514 g/mol. The molecule has 1 aliphatic heterocycles. The number of hydrogen-bond acceptors (Lipinski definition) is 6. The van der Waals surface area contributed by atoms with E-state index in [1.807, 2.05) is 0 Å². The fraction of sp³-hybridized carbons (Fsp3) is 0.231. The SMILES string of the molecule is COc1cc(/C=N/NC(=O)c2ccc(O)c(Cl)c2)cc(Cl)c1OCCN1CCc2ccccc2C1. The van der Waals surface area contributed by atoms with Crippen LogP contribution in [0.1, 0.15) is 27.0 Å². The molecule has 0 radical (unpaired) electrons. The zero-order valence-corrected chi connectivity index (χ0v) is 20.6. The van der Waals surface area contributed by atoms with Crippen molar-refractivity contribution in [3.63, 3.8) is 0 Å². The van der Waals surface area contributed by atoms with Gasteiger partial charge in [0, 0.05) is 25.2 Å². The van der Waals surface area contributed by atoms with Crippen LogP contribution in [0.4, 0.5) is 0 Å². The Labute approximate surface area is 213 Å². The van der Waals surface area contributed by atoms with Gasteiger partial charge in [0.1, 0.15) is 12.4 Å². The number of carbonyl (C=O) groups is 1. The van der Waals surface area contributed by atoms with E-state index in [4.69, 9.17) is 32.7 Å². The summed E-state index contributed by atoms with van der Waals surface area (Å²) in [5, 5.41) is 13.9. The van der Waals surface area contributed by atoms with Crippen LogP contribution in [-0.2, 0) is 13.0 Å². The van der Waals surface area contributed by atoms with Gasteiger partial charge in [-0.25, -0.2) is 5.43 Å². The van der Waals surface area contributed by atoms with Crippen molar-refractivity contribution >= 4 is 35.3 Å². The third-order valence-electron chi connectivity index (χ3n) is 5.70. The molecule has 0 saturated heterocycles. The highest BCUT2D eigenvalue weighted by molar-refractivity contribution is 6.32. The minimum absolute atomic E-state index is 0.0823. The smallest absolute Gasteiger partial charge is 0.271 e. The molecule has 0 aliphatic carbocycles. The molecule has 9 heteroatoms. The molecular weight excluding hydrogens is 489 g/mol. The van der Waals surface area contributed by atoms with Gasteiger partial charge in [0.05, 0.1) is 23.4 Å². The summed E-state index contributed by atoms with van der Waals surface area (Å²) in [5.74, 6) is 0.365. The molecule has 3 aromatic carbocycles. The quantitative estimate of drug-likeness (QED) is 0.330. The fourth-order valence-electron chi connectivity index (χ4n) is 3.85. The summed E-state index contributed by atoms with van der Waals surface area (Å²) >= 11 is 12.3. The van der Waals surface area contributed by atoms with Crippen LogP contribution < -0.4 is 14.9 Å². The van der Waals surface area contributed by atoms with Gasteiger partial charge in [-0.3, -0.25) is 9.69 Å². The number of fused-ring (bicyclic) bond motifs is 1. The number of halogens is 2. The number of aromatic hydroxyl groups is 1. The van der Waals surface area contributed by atoms with Gasteiger partial charge in [-0.05, 0) is 53.4 Å². The first kappa shape index (κ1) is 24.9. The first-order valence-electron chi connectivity index (χ1n) is 11.1. The summed E-state index contributed by atoms with van der Waals surface area (Å²) in [4.78, 5) is 14.6. The number of hydrazone groups is 1. The molecule has 0 unspecified atom stereocenters. The number of ether oxygens (including phenoxy) is 2. The minimum atomic E-state index is -0.471. The van der Waals surface area contributed by atoms with Crippen LogP contribution in [0.15, 0.2) is 59.7 Å². The van der Waals surface area contributed by atoms with Crippen molar-refractivity contribution in [3.8, 4) is 17.2 Å².